The minimum Gasteiger partial charge on any atom is -0.449 e. The first-order chi connectivity index (χ1) is 12.0. The van der Waals surface area contributed by atoms with E-state index in [-0.39, 0.29) is 0 Å². The highest BCUT2D eigenvalue weighted by Crippen LogP contribution is 2.13. The van der Waals surface area contributed by atoms with Gasteiger partial charge < -0.3 is 10.1 Å². The maximum Gasteiger partial charge on any atom is 0.331 e. The number of benzene rings is 2. The van der Waals surface area contributed by atoms with Crippen LogP contribution in [0.25, 0.3) is 6.08 Å². The molecule has 0 spiro atoms. The number of amides is 1. The van der Waals surface area contributed by atoms with Crippen molar-refractivity contribution in [2.24, 2.45) is 0 Å². The molecule has 0 aliphatic heterocycles. The second kappa shape index (κ2) is 8.81. The molecule has 126 valence electrons. The normalized spacial score (nSPS) is 11.6. The summed E-state index contributed by atoms with van der Waals surface area (Å²) >= 11 is 3.35. The van der Waals surface area contributed by atoms with Crippen LogP contribution in [0.3, 0.4) is 0 Å². The van der Waals surface area contributed by atoms with Gasteiger partial charge in [-0.1, -0.05) is 28.1 Å². The quantitative estimate of drug-likeness (QED) is 0.611. The van der Waals surface area contributed by atoms with Crippen LogP contribution in [0.2, 0.25) is 0 Å². The molecule has 0 bridgehead atoms. The molecule has 2 rings (SSSR count). The van der Waals surface area contributed by atoms with Crippen LogP contribution in [0, 0.1) is 11.3 Å². The van der Waals surface area contributed by atoms with E-state index in [0.29, 0.717) is 11.3 Å². The van der Waals surface area contributed by atoms with Crippen LogP contribution in [0.4, 0.5) is 5.69 Å². The van der Waals surface area contributed by atoms with Gasteiger partial charge in [-0.25, -0.2) is 4.79 Å². The minimum absolute atomic E-state index is 0.450. The lowest BCUT2D eigenvalue weighted by Gasteiger charge is -2.12. The zero-order chi connectivity index (χ0) is 18.2. The number of ether oxygens (including phenoxy) is 1. The Morgan fingerprint density at radius 2 is 1.96 bits per heavy atom. The first kappa shape index (κ1) is 18.4. The van der Waals surface area contributed by atoms with E-state index in [9.17, 15) is 9.59 Å². The van der Waals surface area contributed by atoms with Crippen LogP contribution < -0.4 is 5.32 Å². The molecule has 0 radical (unpaired) electrons. The van der Waals surface area contributed by atoms with E-state index >= 15 is 0 Å². The summed E-state index contributed by atoms with van der Waals surface area (Å²) in [5, 5.41) is 11.4. The lowest BCUT2D eigenvalue weighted by Crippen LogP contribution is -2.29. The molecule has 0 saturated heterocycles. The zero-order valence-corrected chi connectivity index (χ0v) is 15.0. The fraction of sp³-hybridized carbons (Fsp3) is 0.105. The second-order valence-electron chi connectivity index (χ2n) is 5.15. The van der Waals surface area contributed by atoms with Crippen molar-refractivity contribution in [3.05, 3.63) is 70.2 Å². The van der Waals surface area contributed by atoms with Crippen molar-refractivity contribution < 1.29 is 14.3 Å². The predicted molar refractivity (Wildman–Crippen MR) is 98.5 cm³/mol. The summed E-state index contributed by atoms with van der Waals surface area (Å²) in [6, 6.07) is 15.8. The van der Waals surface area contributed by atoms with Gasteiger partial charge in [0.2, 0.25) is 0 Å². The van der Waals surface area contributed by atoms with E-state index in [2.05, 4.69) is 21.2 Å². The molecule has 1 N–H and O–H groups in total. The van der Waals surface area contributed by atoms with Crippen molar-refractivity contribution in [1.29, 1.82) is 5.26 Å². The third-order valence-corrected chi connectivity index (χ3v) is 3.70. The van der Waals surface area contributed by atoms with Crippen molar-refractivity contribution in [2.45, 2.75) is 13.0 Å². The van der Waals surface area contributed by atoms with Crippen LogP contribution in [-0.2, 0) is 14.3 Å². The number of nitriles is 1. The molecule has 6 heteroatoms. The molecule has 2 aromatic rings. The van der Waals surface area contributed by atoms with Gasteiger partial charge in [-0.2, -0.15) is 5.26 Å². The van der Waals surface area contributed by atoms with Gasteiger partial charge >= 0.3 is 5.97 Å². The third-order valence-electron chi connectivity index (χ3n) is 3.20. The Kier molecular flexibility index (Phi) is 6.49. The average Bonchev–Trinajstić information content (AvgIpc) is 2.60. The highest BCUT2D eigenvalue weighted by molar-refractivity contribution is 9.10. The number of nitrogens with one attached hydrogen (secondary N) is 1. The first-order valence-electron chi connectivity index (χ1n) is 7.43. The first-order valence-corrected chi connectivity index (χ1v) is 8.22. The van der Waals surface area contributed by atoms with Crippen molar-refractivity contribution in [3.63, 3.8) is 0 Å². The summed E-state index contributed by atoms with van der Waals surface area (Å²) in [6.07, 6.45) is 1.93. The predicted octanol–water partition coefficient (Wildman–Crippen LogP) is 3.90. The molecule has 0 aliphatic rings. The monoisotopic (exact) mass is 398 g/mol. The topological polar surface area (TPSA) is 79.2 Å². The number of rotatable bonds is 5. The Labute approximate surface area is 154 Å². The number of nitrogens with zero attached hydrogens (tertiary/aromatic N) is 1. The van der Waals surface area contributed by atoms with Gasteiger partial charge in [-0.05, 0) is 55.0 Å². The van der Waals surface area contributed by atoms with E-state index in [1.54, 1.807) is 30.3 Å². The molecule has 0 fully saturated rings. The third kappa shape index (κ3) is 5.90. The largest absolute Gasteiger partial charge is 0.449 e. The summed E-state index contributed by atoms with van der Waals surface area (Å²) in [5.41, 5.74) is 1.85. The van der Waals surface area contributed by atoms with Crippen LogP contribution >= 0.6 is 15.9 Å². The van der Waals surface area contributed by atoms with Crippen molar-refractivity contribution >= 4 is 39.6 Å². The van der Waals surface area contributed by atoms with E-state index < -0.39 is 18.0 Å². The fourth-order valence-electron chi connectivity index (χ4n) is 1.91. The molecule has 1 amide bonds. The molecule has 5 nitrogen and oxygen atoms in total. The maximum atomic E-state index is 12.0. The lowest BCUT2D eigenvalue weighted by atomic mass is 10.2. The van der Waals surface area contributed by atoms with Gasteiger partial charge in [0.1, 0.15) is 0 Å². The maximum absolute atomic E-state index is 12.0. The Morgan fingerprint density at radius 1 is 1.24 bits per heavy atom. The van der Waals surface area contributed by atoms with Gasteiger partial charge in [-0.15, -0.1) is 0 Å². The fourth-order valence-corrected chi connectivity index (χ4v) is 2.33. The van der Waals surface area contributed by atoms with E-state index in [4.69, 9.17) is 10.00 Å². The molecule has 0 heterocycles. The molecular formula is C19H15BrN2O3. The number of anilines is 1. The summed E-state index contributed by atoms with van der Waals surface area (Å²) in [4.78, 5) is 23.9. The van der Waals surface area contributed by atoms with Gasteiger partial charge in [0, 0.05) is 16.2 Å². The Balaban J connectivity index is 1.89. The van der Waals surface area contributed by atoms with Crippen molar-refractivity contribution in [1.82, 2.24) is 0 Å². The molecule has 25 heavy (non-hydrogen) atoms. The van der Waals surface area contributed by atoms with Crippen molar-refractivity contribution in [2.75, 3.05) is 5.32 Å². The number of carbonyl (C=O) groups excluding carboxylic acids is 2. The molecule has 0 saturated carbocycles. The molecule has 0 aliphatic carbocycles. The number of hydrogen-bond acceptors (Lipinski definition) is 4. The average molecular weight is 399 g/mol. The minimum atomic E-state index is -0.949. The number of hydrogen-bond donors (Lipinski definition) is 1. The van der Waals surface area contributed by atoms with E-state index in [1.807, 2.05) is 30.3 Å². The highest BCUT2D eigenvalue weighted by Gasteiger charge is 2.16. The highest BCUT2D eigenvalue weighted by atomic mass is 79.9. The summed E-state index contributed by atoms with van der Waals surface area (Å²) in [6.45, 7) is 1.49. The molecule has 0 aromatic heterocycles. The molecular weight excluding hydrogens is 384 g/mol. The lowest BCUT2D eigenvalue weighted by molar-refractivity contribution is -0.148. The van der Waals surface area contributed by atoms with E-state index in [0.717, 1.165) is 10.0 Å². The van der Waals surface area contributed by atoms with E-state index in [1.165, 1.54) is 13.0 Å². The summed E-state index contributed by atoms with van der Waals surface area (Å²) in [5.74, 6) is -1.06. The number of halogens is 1. The Hall–Kier alpha value is -2.91. The zero-order valence-electron chi connectivity index (χ0n) is 13.4. The van der Waals surface area contributed by atoms with Crippen LogP contribution in [-0.4, -0.2) is 18.0 Å². The summed E-state index contributed by atoms with van der Waals surface area (Å²) in [7, 11) is 0. The van der Waals surface area contributed by atoms with Gasteiger partial charge in [0.25, 0.3) is 5.91 Å². The van der Waals surface area contributed by atoms with Gasteiger partial charge in [-0.3, -0.25) is 4.79 Å². The Morgan fingerprint density at radius 3 is 2.60 bits per heavy atom. The van der Waals surface area contributed by atoms with Crippen LogP contribution in [0.5, 0.6) is 0 Å². The van der Waals surface area contributed by atoms with Gasteiger partial charge in [0.15, 0.2) is 6.10 Å². The molecule has 0 unspecified atom stereocenters. The number of carbonyl (C=O) groups is 2. The smallest absolute Gasteiger partial charge is 0.331 e. The molecule has 1 atom stereocenters. The van der Waals surface area contributed by atoms with Crippen molar-refractivity contribution in [3.8, 4) is 6.07 Å². The summed E-state index contributed by atoms with van der Waals surface area (Å²) < 4.78 is 5.98. The Bertz CT molecular complexity index is 838. The second-order valence-corrected chi connectivity index (χ2v) is 6.06. The number of esters is 1. The van der Waals surface area contributed by atoms with Gasteiger partial charge in [0.05, 0.1) is 11.6 Å². The SMILES string of the molecule is C[C@@H](OC(=O)/C=C/c1cccc(Br)c1)C(=O)Nc1ccc(C#N)cc1. The standard InChI is InChI=1S/C19H15BrN2O3/c1-13(19(24)22-17-8-5-15(12-21)6-9-17)25-18(23)10-7-14-3-2-4-16(20)11-14/h2-11,13H,1H3,(H,22,24)/b10-7+/t13-/m1/s1. The van der Waals surface area contributed by atoms with Crippen LogP contribution in [0.15, 0.2) is 59.1 Å². The molecule has 2 aromatic carbocycles. The van der Waals surface area contributed by atoms with Crippen LogP contribution in [0.1, 0.15) is 18.1 Å².